The fourth-order valence-electron chi connectivity index (χ4n) is 5.82. The van der Waals surface area contributed by atoms with E-state index >= 15 is 0 Å². The molecule has 2 bridgehead atoms. The van der Waals surface area contributed by atoms with Gasteiger partial charge < -0.3 is 34.1 Å². The van der Waals surface area contributed by atoms with Crippen molar-refractivity contribution in [2.75, 3.05) is 112 Å². The monoisotopic (exact) mass is 678 g/mol. The molecule has 3 aliphatic rings. The first kappa shape index (κ1) is 37.6. The highest BCUT2D eigenvalue weighted by Gasteiger charge is 2.31. The number of carbonyl (C=O) groups is 4. The van der Waals surface area contributed by atoms with Crippen LogP contribution in [0.25, 0.3) is 0 Å². The first-order valence-electron chi connectivity index (χ1n) is 16.7. The number of pyridine rings is 1. The van der Waals surface area contributed by atoms with Gasteiger partial charge in [0.05, 0.1) is 50.7 Å². The zero-order chi connectivity index (χ0) is 34.3. The van der Waals surface area contributed by atoms with Crippen molar-refractivity contribution in [1.29, 1.82) is 0 Å². The van der Waals surface area contributed by atoms with E-state index in [9.17, 15) is 29.4 Å². The summed E-state index contributed by atoms with van der Waals surface area (Å²) in [6.07, 6.45) is 0.334. The summed E-state index contributed by atoms with van der Waals surface area (Å²) in [6.45, 7) is 7.95. The van der Waals surface area contributed by atoms with Crippen LogP contribution in [-0.4, -0.2) is 188 Å². The molecule has 4 rings (SSSR count). The van der Waals surface area contributed by atoms with Gasteiger partial charge in [0, 0.05) is 78.5 Å². The molecule has 0 saturated carbocycles. The number of hydrogen-bond acceptors (Lipinski definition) is 14. The second-order valence-electron chi connectivity index (χ2n) is 12.3. The molecular weight excluding hydrogens is 628 g/mol. The minimum absolute atomic E-state index is 0.167. The molecule has 48 heavy (non-hydrogen) atoms. The van der Waals surface area contributed by atoms with Crippen LogP contribution < -0.4 is 0 Å². The number of morpholine rings is 2. The average Bonchev–Trinajstić information content (AvgIpc) is 3.08. The van der Waals surface area contributed by atoms with E-state index in [1.807, 2.05) is 11.9 Å². The van der Waals surface area contributed by atoms with E-state index < -0.39 is 36.0 Å². The molecule has 2 saturated heterocycles. The number of hydrogen-bond donors (Lipinski definition) is 2. The van der Waals surface area contributed by atoms with Crippen LogP contribution in [0, 0.1) is 0 Å². The number of carboxylic acid groups (broad SMARTS) is 2. The molecule has 2 unspecified atom stereocenters. The van der Waals surface area contributed by atoms with Crippen LogP contribution >= 0.6 is 0 Å². The van der Waals surface area contributed by atoms with Crippen molar-refractivity contribution >= 4 is 23.9 Å². The Balaban J connectivity index is 1.38. The molecule has 268 valence electrons. The number of carbonyl (C=O) groups excluding carboxylic acids is 2. The molecule has 16 nitrogen and oxygen atoms in total. The van der Waals surface area contributed by atoms with Crippen molar-refractivity contribution in [3.63, 3.8) is 0 Å². The molecule has 1 aromatic rings. The number of ether oxygens (including phenoxy) is 4. The normalized spacial score (nSPS) is 20.9. The summed E-state index contributed by atoms with van der Waals surface area (Å²) in [5.41, 5.74) is 1.20. The third kappa shape index (κ3) is 12.7. The summed E-state index contributed by atoms with van der Waals surface area (Å²) in [5.74, 6) is -3.10. The number of fused-ring (bicyclic) bond motifs is 2. The maximum absolute atomic E-state index is 12.5. The molecule has 2 atom stereocenters. The van der Waals surface area contributed by atoms with Gasteiger partial charge >= 0.3 is 23.9 Å². The number of carboxylic acids is 2. The summed E-state index contributed by atoms with van der Waals surface area (Å²) in [7, 11) is 1.88. The number of rotatable bonds is 14. The third-order valence-electron chi connectivity index (χ3n) is 8.86. The quantitative estimate of drug-likeness (QED) is 0.231. The van der Waals surface area contributed by atoms with Crippen LogP contribution in [0.5, 0.6) is 0 Å². The van der Waals surface area contributed by atoms with Gasteiger partial charge in [-0.3, -0.25) is 43.8 Å². The topological polar surface area (TPSA) is 175 Å². The fourth-order valence-corrected chi connectivity index (χ4v) is 5.82. The van der Waals surface area contributed by atoms with Crippen LogP contribution in [0.15, 0.2) is 18.2 Å². The van der Waals surface area contributed by atoms with E-state index in [1.54, 1.807) is 28.0 Å². The van der Waals surface area contributed by atoms with Crippen LogP contribution in [0.1, 0.15) is 24.2 Å². The van der Waals surface area contributed by atoms with Crippen molar-refractivity contribution in [2.24, 2.45) is 0 Å². The molecule has 0 aliphatic carbocycles. The van der Waals surface area contributed by atoms with Gasteiger partial charge in [-0.05, 0) is 19.2 Å². The number of likely N-dealkylation sites (N-methyl/N-ethyl adjacent to an activating group) is 1. The second kappa shape index (κ2) is 19.7. The molecular formula is C32H50N6O10. The van der Waals surface area contributed by atoms with E-state index in [0.29, 0.717) is 77.1 Å². The first-order valence-corrected chi connectivity index (χ1v) is 16.7. The predicted molar refractivity (Wildman–Crippen MR) is 171 cm³/mol. The van der Waals surface area contributed by atoms with Crippen LogP contribution in [0.4, 0.5) is 0 Å². The van der Waals surface area contributed by atoms with Crippen LogP contribution in [0.3, 0.4) is 0 Å². The zero-order valence-corrected chi connectivity index (χ0v) is 27.9. The first-order chi connectivity index (χ1) is 23.2. The average molecular weight is 679 g/mol. The zero-order valence-electron chi connectivity index (χ0n) is 27.9. The fraction of sp³-hybridized carbons (Fsp3) is 0.719. The van der Waals surface area contributed by atoms with E-state index in [2.05, 4.69) is 9.80 Å². The molecule has 0 amide bonds. The number of esters is 2. The highest BCUT2D eigenvalue weighted by molar-refractivity contribution is 5.75. The van der Waals surface area contributed by atoms with Gasteiger partial charge in [0.15, 0.2) is 0 Å². The standard InChI is InChI=1S/C32H50N6O10/c1-34-9-11-37(27(31(41)42)23-47-29(39)5-7-35-13-17-45-18-14-35)21-25-3-2-4-26(33-25)22-38(12-10-34)28(32(43)44)24-48-30(40)6-8-36-15-19-46-20-16-36/h2-4,27-28H,5-24H2,1H3,(H,41,42)(H,43,44). The largest absolute Gasteiger partial charge is 0.480 e. The van der Waals surface area contributed by atoms with Crippen molar-refractivity contribution in [2.45, 2.75) is 38.0 Å². The minimum Gasteiger partial charge on any atom is -0.480 e. The molecule has 0 spiro atoms. The smallest absolute Gasteiger partial charge is 0.324 e. The Morgan fingerprint density at radius 3 is 1.52 bits per heavy atom. The number of nitrogens with zero attached hydrogens (tertiary/aromatic N) is 6. The molecule has 16 heteroatoms. The third-order valence-corrected chi connectivity index (χ3v) is 8.86. The van der Waals surface area contributed by atoms with E-state index in [4.69, 9.17) is 23.9 Å². The number of aliphatic carboxylic acids is 2. The molecule has 0 radical (unpaired) electrons. The summed E-state index contributed by atoms with van der Waals surface area (Å²) < 4.78 is 21.6. The van der Waals surface area contributed by atoms with Gasteiger partial charge in [-0.15, -0.1) is 0 Å². The van der Waals surface area contributed by atoms with Crippen molar-refractivity contribution in [1.82, 2.24) is 29.5 Å². The predicted octanol–water partition coefficient (Wildman–Crippen LogP) is -0.932. The number of aromatic nitrogens is 1. The summed E-state index contributed by atoms with van der Waals surface area (Å²) in [6, 6.07) is 3.22. The Bertz CT molecular complexity index is 1110. The molecule has 1 aromatic heterocycles. The van der Waals surface area contributed by atoms with Gasteiger partial charge in [0.2, 0.25) is 0 Å². The Kier molecular flexibility index (Phi) is 15.4. The Hall–Kier alpha value is -3.25. The minimum atomic E-state index is -1.10. The van der Waals surface area contributed by atoms with E-state index in [-0.39, 0.29) is 39.1 Å². The van der Waals surface area contributed by atoms with Gasteiger partial charge in [-0.25, -0.2) is 0 Å². The maximum Gasteiger partial charge on any atom is 0.324 e. The highest BCUT2D eigenvalue weighted by Crippen LogP contribution is 2.15. The lowest BCUT2D eigenvalue weighted by Gasteiger charge is -2.33. The Morgan fingerprint density at radius 2 is 1.12 bits per heavy atom. The molecule has 2 N–H and O–H groups in total. The lowest BCUT2D eigenvalue weighted by Crippen LogP contribution is -2.50. The van der Waals surface area contributed by atoms with Gasteiger partial charge in [-0.2, -0.15) is 0 Å². The van der Waals surface area contributed by atoms with E-state index in [1.165, 1.54) is 0 Å². The summed E-state index contributed by atoms with van der Waals surface area (Å²) in [4.78, 5) is 64.3. The van der Waals surface area contributed by atoms with Crippen LogP contribution in [-0.2, 0) is 51.2 Å². The van der Waals surface area contributed by atoms with Gasteiger partial charge in [0.25, 0.3) is 0 Å². The molecule has 4 heterocycles. The van der Waals surface area contributed by atoms with Crippen molar-refractivity contribution < 1.29 is 48.3 Å². The summed E-state index contributed by atoms with van der Waals surface area (Å²) in [5, 5.41) is 20.3. The summed E-state index contributed by atoms with van der Waals surface area (Å²) >= 11 is 0. The SMILES string of the molecule is CN1CCN(C(COC(=O)CCN2CCOCC2)C(=O)O)Cc2cccc(n2)CN(C(COC(=O)CCN2CCOCC2)C(=O)O)CC1. The molecule has 0 aromatic carbocycles. The molecule has 2 fully saturated rings. The lowest BCUT2D eigenvalue weighted by molar-refractivity contribution is -0.154. The Morgan fingerprint density at radius 1 is 0.708 bits per heavy atom. The second-order valence-corrected chi connectivity index (χ2v) is 12.3. The lowest BCUT2D eigenvalue weighted by atomic mass is 10.2. The van der Waals surface area contributed by atoms with Gasteiger partial charge in [-0.1, -0.05) is 6.07 Å². The maximum atomic E-state index is 12.5. The highest BCUT2D eigenvalue weighted by atomic mass is 16.5. The van der Waals surface area contributed by atoms with Crippen LogP contribution in [0.2, 0.25) is 0 Å². The van der Waals surface area contributed by atoms with Crippen molar-refractivity contribution in [3.05, 3.63) is 29.6 Å². The Labute approximate surface area is 281 Å². The van der Waals surface area contributed by atoms with Crippen molar-refractivity contribution in [3.8, 4) is 0 Å². The molecule has 3 aliphatic heterocycles. The van der Waals surface area contributed by atoms with Gasteiger partial charge in [0.1, 0.15) is 25.3 Å². The van der Waals surface area contributed by atoms with E-state index in [0.717, 1.165) is 26.2 Å².